The lowest BCUT2D eigenvalue weighted by atomic mass is 10.1. The molecule has 2 heterocycles. The molecule has 5 heteroatoms. The number of methoxy groups -OCH3 is 1. The fourth-order valence-electron chi connectivity index (χ4n) is 4.04. The summed E-state index contributed by atoms with van der Waals surface area (Å²) in [6, 6.07) is 23.2. The molecule has 156 valence electrons. The lowest BCUT2D eigenvalue weighted by Gasteiger charge is -2.08. The number of rotatable bonds is 8. The van der Waals surface area contributed by atoms with Gasteiger partial charge < -0.3 is 19.0 Å². The Morgan fingerprint density at radius 3 is 2.61 bits per heavy atom. The van der Waals surface area contributed by atoms with Gasteiger partial charge in [-0.15, -0.1) is 0 Å². The van der Waals surface area contributed by atoms with Crippen LogP contribution in [0.3, 0.4) is 0 Å². The molecule has 0 saturated carbocycles. The van der Waals surface area contributed by atoms with Crippen LogP contribution >= 0.6 is 0 Å². The Hall–Kier alpha value is -3.41. The van der Waals surface area contributed by atoms with Crippen LogP contribution in [0.4, 0.5) is 0 Å². The van der Waals surface area contributed by atoms with Crippen molar-refractivity contribution in [1.82, 2.24) is 14.5 Å². The van der Waals surface area contributed by atoms with E-state index in [9.17, 15) is 0 Å². The summed E-state index contributed by atoms with van der Waals surface area (Å²) in [5, 5.41) is 2.51. The van der Waals surface area contributed by atoms with Crippen LogP contribution in [0.1, 0.15) is 11.4 Å². The number of benzene rings is 3. The molecule has 0 atom stereocenters. The van der Waals surface area contributed by atoms with Gasteiger partial charge in [-0.05, 0) is 42.0 Å². The number of H-pyrrole nitrogens is 1. The maximum absolute atomic E-state index is 5.71. The highest BCUT2D eigenvalue weighted by atomic mass is 16.5. The summed E-state index contributed by atoms with van der Waals surface area (Å²) in [4.78, 5) is 7.98. The van der Waals surface area contributed by atoms with E-state index in [4.69, 9.17) is 9.47 Å². The third kappa shape index (κ3) is 3.98. The Labute approximate surface area is 180 Å². The van der Waals surface area contributed by atoms with Crippen LogP contribution in [-0.2, 0) is 16.0 Å². The van der Waals surface area contributed by atoms with Crippen molar-refractivity contribution in [2.75, 3.05) is 26.9 Å². The molecule has 0 aliphatic carbocycles. The van der Waals surface area contributed by atoms with E-state index in [1.165, 1.54) is 21.8 Å². The molecular formula is C26H25N3O2. The van der Waals surface area contributed by atoms with Crippen molar-refractivity contribution in [2.45, 2.75) is 6.54 Å². The summed E-state index contributed by atoms with van der Waals surface area (Å²) in [5.74, 6) is 0.858. The number of nitrogens with zero attached hydrogens (tertiary/aromatic N) is 2. The minimum absolute atomic E-state index is 0.615. The van der Waals surface area contributed by atoms with E-state index in [0.29, 0.717) is 19.8 Å². The summed E-state index contributed by atoms with van der Waals surface area (Å²) < 4.78 is 13.1. The first-order valence-electron chi connectivity index (χ1n) is 10.5. The second-order valence-electron chi connectivity index (χ2n) is 7.52. The fourth-order valence-corrected chi connectivity index (χ4v) is 4.04. The molecule has 0 amide bonds. The van der Waals surface area contributed by atoms with E-state index in [1.807, 2.05) is 30.3 Å². The highest BCUT2D eigenvalue weighted by Crippen LogP contribution is 2.30. The molecule has 3 aromatic carbocycles. The zero-order chi connectivity index (χ0) is 21.0. The maximum Gasteiger partial charge on any atom is 0.131 e. The van der Waals surface area contributed by atoms with Crippen molar-refractivity contribution in [3.8, 4) is 0 Å². The first kappa shape index (κ1) is 19.5. The zero-order valence-corrected chi connectivity index (χ0v) is 17.5. The molecule has 31 heavy (non-hydrogen) atoms. The van der Waals surface area contributed by atoms with Crippen LogP contribution < -0.4 is 0 Å². The van der Waals surface area contributed by atoms with Gasteiger partial charge in [0.15, 0.2) is 0 Å². The van der Waals surface area contributed by atoms with E-state index >= 15 is 0 Å². The summed E-state index contributed by atoms with van der Waals surface area (Å²) in [6.07, 6.45) is 4.14. The SMILES string of the molecule is COCCOCCn1c2ccccc2c2cc(/C=C/c3nc4ccccc4[nH]3)ccc21. The highest BCUT2D eigenvalue weighted by Gasteiger charge is 2.10. The normalized spacial score (nSPS) is 12.0. The number of para-hydroxylation sites is 3. The number of aromatic amines is 1. The summed E-state index contributed by atoms with van der Waals surface area (Å²) in [6.45, 7) is 2.70. The van der Waals surface area contributed by atoms with Crippen molar-refractivity contribution in [1.29, 1.82) is 0 Å². The number of nitrogens with one attached hydrogen (secondary N) is 1. The topological polar surface area (TPSA) is 52.1 Å². The lowest BCUT2D eigenvalue weighted by Crippen LogP contribution is -2.09. The lowest BCUT2D eigenvalue weighted by molar-refractivity contribution is 0.0673. The number of imidazole rings is 1. The van der Waals surface area contributed by atoms with Crippen molar-refractivity contribution in [2.24, 2.45) is 0 Å². The van der Waals surface area contributed by atoms with Crippen LogP contribution in [0.2, 0.25) is 0 Å². The Bertz CT molecular complexity index is 1330. The predicted octanol–water partition coefficient (Wildman–Crippen LogP) is 5.50. The summed E-state index contributed by atoms with van der Waals surface area (Å²) >= 11 is 0. The van der Waals surface area contributed by atoms with Gasteiger partial charge >= 0.3 is 0 Å². The minimum atomic E-state index is 0.615. The van der Waals surface area contributed by atoms with Crippen LogP contribution in [-0.4, -0.2) is 41.5 Å². The Kier molecular flexibility index (Phi) is 5.52. The number of hydrogen-bond acceptors (Lipinski definition) is 3. The highest BCUT2D eigenvalue weighted by molar-refractivity contribution is 6.08. The van der Waals surface area contributed by atoms with E-state index in [2.05, 4.69) is 63.1 Å². The molecule has 2 aromatic heterocycles. The molecule has 0 aliphatic rings. The van der Waals surface area contributed by atoms with Crippen LogP contribution in [0.25, 0.3) is 45.0 Å². The molecule has 0 unspecified atom stereocenters. The molecule has 0 fully saturated rings. The van der Waals surface area contributed by atoms with Gasteiger partial charge in [-0.25, -0.2) is 4.98 Å². The molecule has 0 saturated heterocycles. The average Bonchev–Trinajstić information content (AvgIpc) is 3.36. The molecule has 1 N–H and O–H groups in total. The second kappa shape index (κ2) is 8.76. The van der Waals surface area contributed by atoms with Crippen molar-refractivity contribution >= 4 is 45.0 Å². The minimum Gasteiger partial charge on any atom is -0.382 e. The molecule has 5 nitrogen and oxygen atoms in total. The van der Waals surface area contributed by atoms with Crippen molar-refractivity contribution in [3.05, 3.63) is 78.1 Å². The molecule has 0 bridgehead atoms. The van der Waals surface area contributed by atoms with Gasteiger partial charge in [-0.1, -0.05) is 42.5 Å². The first-order valence-corrected chi connectivity index (χ1v) is 10.5. The molecule has 0 spiro atoms. The van der Waals surface area contributed by atoms with Gasteiger partial charge in [0, 0.05) is 35.5 Å². The Balaban J connectivity index is 1.45. The molecular weight excluding hydrogens is 386 g/mol. The van der Waals surface area contributed by atoms with E-state index in [-0.39, 0.29) is 0 Å². The molecule has 0 aliphatic heterocycles. The van der Waals surface area contributed by atoms with Crippen molar-refractivity contribution in [3.63, 3.8) is 0 Å². The predicted molar refractivity (Wildman–Crippen MR) is 127 cm³/mol. The smallest absolute Gasteiger partial charge is 0.131 e. The molecule has 0 radical (unpaired) electrons. The summed E-state index contributed by atoms with van der Waals surface area (Å²) in [5.41, 5.74) is 5.62. The fraction of sp³-hybridized carbons (Fsp3) is 0.192. The van der Waals surface area contributed by atoms with Crippen LogP contribution in [0.15, 0.2) is 66.7 Å². The summed E-state index contributed by atoms with van der Waals surface area (Å²) in [7, 11) is 1.69. The monoisotopic (exact) mass is 411 g/mol. The average molecular weight is 412 g/mol. The quantitative estimate of drug-likeness (QED) is 0.343. The standard InChI is InChI=1S/C26H25N3O2/c1-30-16-17-31-15-14-29-24-9-5-2-6-20(24)21-18-19(10-12-25(21)29)11-13-26-27-22-7-3-4-8-23(22)28-26/h2-13,18H,14-17H2,1H3,(H,27,28)/b13-11+. The van der Waals surface area contributed by atoms with Gasteiger partial charge in [-0.3, -0.25) is 0 Å². The second-order valence-corrected chi connectivity index (χ2v) is 7.52. The van der Waals surface area contributed by atoms with Crippen molar-refractivity contribution < 1.29 is 9.47 Å². The van der Waals surface area contributed by atoms with Crippen LogP contribution in [0, 0.1) is 0 Å². The van der Waals surface area contributed by atoms with Crippen LogP contribution in [0.5, 0.6) is 0 Å². The van der Waals surface area contributed by atoms with E-state index in [1.54, 1.807) is 7.11 Å². The third-order valence-corrected chi connectivity index (χ3v) is 5.53. The molecule has 5 aromatic rings. The Morgan fingerprint density at radius 2 is 1.71 bits per heavy atom. The van der Waals surface area contributed by atoms with E-state index in [0.717, 1.165) is 29.0 Å². The number of fused-ring (bicyclic) bond motifs is 4. The van der Waals surface area contributed by atoms with Gasteiger partial charge in [0.1, 0.15) is 5.82 Å². The number of ether oxygens (including phenoxy) is 2. The zero-order valence-electron chi connectivity index (χ0n) is 17.5. The maximum atomic E-state index is 5.71. The van der Waals surface area contributed by atoms with E-state index < -0.39 is 0 Å². The number of aromatic nitrogens is 3. The largest absolute Gasteiger partial charge is 0.382 e. The Morgan fingerprint density at radius 1 is 0.871 bits per heavy atom. The van der Waals surface area contributed by atoms with Gasteiger partial charge in [-0.2, -0.15) is 0 Å². The third-order valence-electron chi connectivity index (χ3n) is 5.53. The van der Waals surface area contributed by atoms with Gasteiger partial charge in [0.25, 0.3) is 0 Å². The first-order chi connectivity index (χ1) is 15.3. The molecule has 5 rings (SSSR count). The van der Waals surface area contributed by atoms with Gasteiger partial charge in [0.05, 0.1) is 30.9 Å². The number of hydrogen-bond donors (Lipinski definition) is 1. The van der Waals surface area contributed by atoms with Gasteiger partial charge in [0.2, 0.25) is 0 Å².